The molecule has 0 aliphatic heterocycles. The summed E-state index contributed by atoms with van der Waals surface area (Å²) in [6.45, 7) is 7.92. The Morgan fingerprint density at radius 2 is 2.00 bits per heavy atom. The first kappa shape index (κ1) is 13.5. The Hall–Kier alpha value is -0.510. The Kier molecular flexibility index (Phi) is 5.84. The van der Waals surface area contributed by atoms with Gasteiger partial charge in [-0.25, -0.2) is 0 Å². The number of rotatable bonds is 6. The van der Waals surface area contributed by atoms with Gasteiger partial charge in [0.1, 0.15) is 0 Å². The van der Waals surface area contributed by atoms with Crippen molar-refractivity contribution in [3.8, 4) is 0 Å². The summed E-state index contributed by atoms with van der Waals surface area (Å²) in [5.74, 6) is 0. The molecule has 0 aromatic rings. The van der Waals surface area contributed by atoms with Crippen molar-refractivity contribution in [2.75, 3.05) is 6.54 Å². The van der Waals surface area contributed by atoms with E-state index in [0.29, 0.717) is 13.0 Å². The molecule has 0 bridgehead atoms. The second-order valence-corrected chi connectivity index (χ2v) is 3.63. The highest BCUT2D eigenvalue weighted by atomic mass is 19.4. The summed E-state index contributed by atoms with van der Waals surface area (Å²) in [5.41, 5.74) is 0.780. The van der Waals surface area contributed by atoms with Crippen LogP contribution in [0.1, 0.15) is 33.1 Å². The first-order valence-corrected chi connectivity index (χ1v) is 4.79. The molecule has 84 valence electrons. The highest BCUT2D eigenvalue weighted by Gasteiger charge is 2.31. The highest BCUT2D eigenvalue weighted by molar-refractivity contribution is 4.93. The predicted molar refractivity (Wildman–Crippen MR) is 52.2 cm³/mol. The maximum Gasteiger partial charge on any atom is 0.390 e. The lowest BCUT2D eigenvalue weighted by molar-refractivity contribution is -0.139. The molecule has 1 atom stereocenters. The quantitative estimate of drug-likeness (QED) is 0.662. The second kappa shape index (κ2) is 6.06. The Labute approximate surface area is 83.4 Å². The van der Waals surface area contributed by atoms with E-state index in [4.69, 9.17) is 0 Å². The molecule has 0 radical (unpaired) electrons. The second-order valence-electron chi connectivity index (χ2n) is 3.63. The summed E-state index contributed by atoms with van der Waals surface area (Å²) in [5, 5.41) is 2.88. The van der Waals surface area contributed by atoms with Crippen molar-refractivity contribution >= 4 is 0 Å². The molecule has 0 aromatic carbocycles. The molecule has 0 aliphatic carbocycles. The lowest BCUT2D eigenvalue weighted by Gasteiger charge is -2.19. The van der Waals surface area contributed by atoms with Gasteiger partial charge in [-0.15, -0.1) is 6.58 Å². The summed E-state index contributed by atoms with van der Waals surface area (Å²) in [6, 6.07) is -0.521. The van der Waals surface area contributed by atoms with Crippen LogP contribution < -0.4 is 5.32 Å². The molecule has 0 heterocycles. The standard InChI is InChI=1S/C10H18F3N/c1-4-5-14-9(6-8(2)3)7-10(11,12)13/h9,14H,2,4-7H2,1,3H3. The minimum absolute atomic E-state index is 0.388. The third-order valence-corrected chi connectivity index (χ3v) is 1.76. The van der Waals surface area contributed by atoms with Crippen molar-refractivity contribution in [3.63, 3.8) is 0 Å². The van der Waals surface area contributed by atoms with Gasteiger partial charge < -0.3 is 5.32 Å². The van der Waals surface area contributed by atoms with E-state index in [0.717, 1.165) is 12.0 Å². The van der Waals surface area contributed by atoms with Gasteiger partial charge in [-0.05, 0) is 26.3 Å². The molecular formula is C10H18F3N. The molecule has 0 aromatic heterocycles. The number of nitrogens with one attached hydrogen (secondary N) is 1. The molecule has 1 N–H and O–H groups in total. The number of hydrogen-bond acceptors (Lipinski definition) is 1. The van der Waals surface area contributed by atoms with Crippen LogP contribution in [0.2, 0.25) is 0 Å². The fourth-order valence-electron chi connectivity index (χ4n) is 1.26. The smallest absolute Gasteiger partial charge is 0.313 e. The van der Waals surface area contributed by atoms with Crippen LogP contribution in [0.3, 0.4) is 0 Å². The summed E-state index contributed by atoms with van der Waals surface area (Å²) in [6.07, 6.45) is -3.65. The molecular weight excluding hydrogens is 191 g/mol. The highest BCUT2D eigenvalue weighted by Crippen LogP contribution is 2.23. The molecule has 0 amide bonds. The average Bonchev–Trinajstić information content (AvgIpc) is 1.96. The maximum absolute atomic E-state index is 12.1. The number of alkyl halides is 3. The minimum atomic E-state index is -4.10. The van der Waals surface area contributed by atoms with E-state index < -0.39 is 18.6 Å². The van der Waals surface area contributed by atoms with Gasteiger partial charge in [0.2, 0.25) is 0 Å². The lowest BCUT2D eigenvalue weighted by Crippen LogP contribution is -2.34. The Morgan fingerprint density at radius 3 is 2.36 bits per heavy atom. The van der Waals surface area contributed by atoms with Crippen molar-refractivity contribution in [3.05, 3.63) is 12.2 Å². The Bertz CT molecular complexity index is 175. The van der Waals surface area contributed by atoms with Crippen molar-refractivity contribution in [2.45, 2.75) is 45.3 Å². The van der Waals surface area contributed by atoms with Crippen LogP contribution in [0.25, 0.3) is 0 Å². The molecule has 0 rings (SSSR count). The predicted octanol–water partition coefficient (Wildman–Crippen LogP) is 3.27. The maximum atomic E-state index is 12.1. The van der Waals surface area contributed by atoms with Gasteiger partial charge in [0, 0.05) is 6.04 Å². The summed E-state index contributed by atoms with van der Waals surface area (Å²) in [7, 11) is 0. The van der Waals surface area contributed by atoms with E-state index in [1.807, 2.05) is 6.92 Å². The van der Waals surface area contributed by atoms with Gasteiger partial charge in [-0.1, -0.05) is 12.5 Å². The van der Waals surface area contributed by atoms with Crippen molar-refractivity contribution in [1.29, 1.82) is 0 Å². The molecule has 0 spiro atoms. The zero-order chi connectivity index (χ0) is 11.2. The van der Waals surface area contributed by atoms with E-state index in [9.17, 15) is 13.2 Å². The van der Waals surface area contributed by atoms with E-state index in [-0.39, 0.29) is 0 Å². The van der Waals surface area contributed by atoms with Gasteiger partial charge in [-0.3, -0.25) is 0 Å². The third-order valence-electron chi connectivity index (χ3n) is 1.76. The van der Waals surface area contributed by atoms with Crippen molar-refractivity contribution in [1.82, 2.24) is 5.32 Å². The first-order chi connectivity index (χ1) is 6.35. The van der Waals surface area contributed by atoms with E-state index >= 15 is 0 Å². The van der Waals surface area contributed by atoms with Crippen LogP contribution in [0.5, 0.6) is 0 Å². The van der Waals surface area contributed by atoms with Crippen LogP contribution in [0.4, 0.5) is 13.2 Å². The molecule has 4 heteroatoms. The molecule has 0 saturated carbocycles. The van der Waals surface area contributed by atoms with Crippen molar-refractivity contribution in [2.24, 2.45) is 0 Å². The molecule has 0 aliphatic rings. The van der Waals surface area contributed by atoms with Crippen LogP contribution in [-0.4, -0.2) is 18.8 Å². The van der Waals surface area contributed by atoms with E-state index in [2.05, 4.69) is 11.9 Å². The minimum Gasteiger partial charge on any atom is -0.313 e. The fourth-order valence-corrected chi connectivity index (χ4v) is 1.26. The zero-order valence-electron chi connectivity index (χ0n) is 8.75. The van der Waals surface area contributed by atoms with Crippen LogP contribution in [0.15, 0.2) is 12.2 Å². The van der Waals surface area contributed by atoms with Gasteiger partial charge in [0.05, 0.1) is 6.42 Å². The van der Waals surface area contributed by atoms with E-state index in [1.165, 1.54) is 0 Å². The summed E-state index contributed by atoms with van der Waals surface area (Å²) >= 11 is 0. The van der Waals surface area contributed by atoms with Crippen LogP contribution in [-0.2, 0) is 0 Å². The zero-order valence-corrected chi connectivity index (χ0v) is 8.75. The topological polar surface area (TPSA) is 12.0 Å². The van der Waals surface area contributed by atoms with Gasteiger partial charge >= 0.3 is 6.18 Å². The van der Waals surface area contributed by atoms with Gasteiger partial charge in [0.25, 0.3) is 0 Å². The normalized spacial score (nSPS) is 14.1. The molecule has 14 heavy (non-hydrogen) atoms. The number of hydrogen-bond donors (Lipinski definition) is 1. The van der Waals surface area contributed by atoms with Crippen LogP contribution in [0, 0.1) is 0 Å². The Morgan fingerprint density at radius 1 is 1.43 bits per heavy atom. The SMILES string of the molecule is C=C(C)CC(CC(F)(F)F)NCCC. The molecule has 0 saturated heterocycles. The number of halogens is 3. The van der Waals surface area contributed by atoms with Gasteiger partial charge in [0.15, 0.2) is 0 Å². The molecule has 0 fully saturated rings. The molecule has 1 unspecified atom stereocenters. The van der Waals surface area contributed by atoms with Crippen LogP contribution >= 0.6 is 0 Å². The monoisotopic (exact) mass is 209 g/mol. The summed E-state index contributed by atoms with van der Waals surface area (Å²) in [4.78, 5) is 0. The van der Waals surface area contributed by atoms with E-state index in [1.54, 1.807) is 6.92 Å². The lowest BCUT2D eigenvalue weighted by atomic mass is 10.1. The third kappa shape index (κ3) is 8.10. The Balaban J connectivity index is 4.03. The van der Waals surface area contributed by atoms with Crippen molar-refractivity contribution < 1.29 is 13.2 Å². The molecule has 1 nitrogen and oxygen atoms in total. The summed E-state index contributed by atoms with van der Waals surface area (Å²) < 4.78 is 36.3. The largest absolute Gasteiger partial charge is 0.390 e. The fraction of sp³-hybridized carbons (Fsp3) is 0.800. The van der Waals surface area contributed by atoms with Gasteiger partial charge in [-0.2, -0.15) is 13.2 Å². The first-order valence-electron chi connectivity index (χ1n) is 4.79. The average molecular weight is 209 g/mol.